The monoisotopic (exact) mass is 320 g/mol. The molecule has 1 aromatic carbocycles. The molecule has 2 unspecified atom stereocenters. The van der Waals surface area contributed by atoms with Gasteiger partial charge in [-0.1, -0.05) is 19.1 Å². The number of nitrogens with one attached hydrogen (secondary N) is 1. The molecule has 1 aromatic heterocycles. The van der Waals surface area contributed by atoms with Crippen molar-refractivity contribution >= 4 is 28.8 Å². The fourth-order valence-electron chi connectivity index (χ4n) is 2.30. The Hall–Kier alpha value is -1.39. The van der Waals surface area contributed by atoms with E-state index in [1.165, 1.54) is 6.42 Å². The zero-order chi connectivity index (χ0) is 14.8. The lowest BCUT2D eigenvalue weighted by molar-refractivity contribution is 0.0951. The number of nitrogens with zero attached hydrogens (tertiary/aromatic N) is 1. The van der Waals surface area contributed by atoms with Crippen molar-refractivity contribution in [3.05, 3.63) is 40.9 Å². The molecule has 1 aliphatic carbocycles. The average Bonchev–Trinajstić information content (AvgIpc) is 3.03. The molecule has 3 rings (SSSR count). The molecule has 1 aliphatic rings. The van der Waals surface area contributed by atoms with E-state index in [1.807, 2.05) is 29.6 Å². The van der Waals surface area contributed by atoms with E-state index in [-0.39, 0.29) is 5.91 Å². The molecular formula is C16H17ClN2OS. The highest BCUT2D eigenvalue weighted by Crippen LogP contribution is 2.36. The maximum absolute atomic E-state index is 12.2. The molecule has 5 heteroatoms. The number of carbonyl (C=O) groups excluding carboxylic acids is 1. The first-order valence-electron chi connectivity index (χ1n) is 7.06. The number of thiazole rings is 1. The molecule has 2 atom stereocenters. The minimum atomic E-state index is -0.00919. The van der Waals surface area contributed by atoms with E-state index in [4.69, 9.17) is 11.6 Å². The van der Waals surface area contributed by atoms with Crippen LogP contribution in [0.2, 0.25) is 0 Å². The molecule has 1 amide bonds. The number of amides is 1. The second-order valence-corrected chi connectivity index (χ2v) is 6.67. The van der Waals surface area contributed by atoms with Gasteiger partial charge in [-0.3, -0.25) is 4.79 Å². The molecule has 21 heavy (non-hydrogen) atoms. The predicted octanol–water partition coefficient (Wildman–Crippen LogP) is 3.93. The summed E-state index contributed by atoms with van der Waals surface area (Å²) < 4.78 is 0. The second kappa shape index (κ2) is 6.16. The SMILES string of the molecule is CC1CC1CNC(=O)c1cccc(-c2nc(CCl)cs2)c1. The van der Waals surface area contributed by atoms with Gasteiger partial charge in [-0.2, -0.15) is 0 Å². The first-order valence-corrected chi connectivity index (χ1v) is 8.48. The van der Waals surface area contributed by atoms with Crippen LogP contribution < -0.4 is 5.32 Å². The highest BCUT2D eigenvalue weighted by molar-refractivity contribution is 7.13. The number of alkyl halides is 1. The van der Waals surface area contributed by atoms with Gasteiger partial charge in [0.05, 0.1) is 11.6 Å². The van der Waals surface area contributed by atoms with Crippen LogP contribution in [0, 0.1) is 11.8 Å². The van der Waals surface area contributed by atoms with Gasteiger partial charge in [-0.25, -0.2) is 4.98 Å². The highest BCUT2D eigenvalue weighted by Gasteiger charge is 2.32. The third-order valence-electron chi connectivity index (χ3n) is 3.86. The fourth-order valence-corrected chi connectivity index (χ4v) is 3.35. The Bertz CT molecular complexity index is 655. The largest absolute Gasteiger partial charge is 0.352 e. The first kappa shape index (κ1) is 14.5. The van der Waals surface area contributed by atoms with Crippen LogP contribution in [-0.2, 0) is 5.88 Å². The van der Waals surface area contributed by atoms with Gasteiger partial charge in [0.15, 0.2) is 0 Å². The van der Waals surface area contributed by atoms with Crippen molar-refractivity contribution in [3.63, 3.8) is 0 Å². The summed E-state index contributed by atoms with van der Waals surface area (Å²) in [7, 11) is 0. The van der Waals surface area contributed by atoms with Gasteiger partial charge in [0, 0.05) is 23.1 Å². The molecule has 0 saturated heterocycles. The standard InChI is InChI=1S/C16H17ClN2OS/c1-10-5-13(10)8-18-15(20)11-3-2-4-12(6-11)16-19-14(7-17)9-21-16/h2-4,6,9-10,13H,5,7-8H2,1H3,(H,18,20). The number of halogens is 1. The minimum absolute atomic E-state index is 0.00919. The van der Waals surface area contributed by atoms with E-state index in [9.17, 15) is 4.79 Å². The van der Waals surface area contributed by atoms with Crippen molar-refractivity contribution < 1.29 is 4.79 Å². The molecule has 1 fully saturated rings. The Kier molecular flexibility index (Phi) is 4.27. The second-order valence-electron chi connectivity index (χ2n) is 5.54. The Morgan fingerprint density at radius 2 is 2.33 bits per heavy atom. The van der Waals surface area contributed by atoms with Crippen molar-refractivity contribution in [2.24, 2.45) is 11.8 Å². The molecule has 0 aliphatic heterocycles. The lowest BCUT2D eigenvalue weighted by Gasteiger charge is -2.05. The summed E-state index contributed by atoms with van der Waals surface area (Å²) >= 11 is 7.33. The number of carbonyl (C=O) groups is 1. The van der Waals surface area contributed by atoms with Gasteiger partial charge in [-0.15, -0.1) is 22.9 Å². The van der Waals surface area contributed by atoms with Crippen molar-refractivity contribution in [2.75, 3.05) is 6.54 Å². The smallest absolute Gasteiger partial charge is 0.251 e. The summed E-state index contributed by atoms with van der Waals surface area (Å²) in [6, 6.07) is 7.59. The zero-order valence-corrected chi connectivity index (χ0v) is 13.4. The van der Waals surface area contributed by atoms with E-state index in [0.29, 0.717) is 17.4 Å². The first-order chi connectivity index (χ1) is 10.2. The van der Waals surface area contributed by atoms with E-state index >= 15 is 0 Å². The molecule has 1 heterocycles. The molecule has 0 bridgehead atoms. The quantitative estimate of drug-likeness (QED) is 0.848. The van der Waals surface area contributed by atoms with Crippen molar-refractivity contribution in [1.29, 1.82) is 0 Å². The molecule has 1 saturated carbocycles. The van der Waals surface area contributed by atoms with Crippen molar-refractivity contribution in [2.45, 2.75) is 19.2 Å². The topological polar surface area (TPSA) is 42.0 Å². The molecule has 3 nitrogen and oxygen atoms in total. The van der Waals surface area contributed by atoms with E-state index in [2.05, 4.69) is 17.2 Å². The van der Waals surface area contributed by atoms with Gasteiger partial charge < -0.3 is 5.32 Å². The summed E-state index contributed by atoms with van der Waals surface area (Å²) in [6.07, 6.45) is 1.22. The molecular weight excluding hydrogens is 304 g/mol. The van der Waals surface area contributed by atoms with Crippen LogP contribution in [0.4, 0.5) is 0 Å². The van der Waals surface area contributed by atoms with E-state index < -0.39 is 0 Å². The average molecular weight is 321 g/mol. The van der Waals surface area contributed by atoms with E-state index in [1.54, 1.807) is 11.3 Å². The molecule has 2 aromatic rings. The number of rotatable bonds is 5. The molecule has 0 spiro atoms. The summed E-state index contributed by atoms with van der Waals surface area (Å²) in [5.41, 5.74) is 2.52. The lowest BCUT2D eigenvalue weighted by atomic mass is 10.1. The van der Waals surface area contributed by atoms with Crippen molar-refractivity contribution in [1.82, 2.24) is 10.3 Å². The van der Waals surface area contributed by atoms with Gasteiger partial charge in [0.2, 0.25) is 0 Å². The lowest BCUT2D eigenvalue weighted by Crippen LogP contribution is -2.25. The maximum Gasteiger partial charge on any atom is 0.251 e. The minimum Gasteiger partial charge on any atom is -0.352 e. The van der Waals surface area contributed by atoms with Crippen LogP contribution in [-0.4, -0.2) is 17.4 Å². The fraction of sp³-hybridized carbons (Fsp3) is 0.375. The van der Waals surface area contributed by atoms with Gasteiger partial charge in [-0.05, 0) is 30.4 Å². The third-order valence-corrected chi connectivity index (χ3v) is 5.08. The predicted molar refractivity (Wildman–Crippen MR) is 86.7 cm³/mol. The van der Waals surface area contributed by atoms with Gasteiger partial charge in [0.25, 0.3) is 5.91 Å². The normalized spacial score (nSPS) is 20.3. The number of aromatic nitrogens is 1. The Labute approximate surface area is 133 Å². The Morgan fingerprint density at radius 1 is 1.52 bits per heavy atom. The van der Waals surface area contributed by atoms with Crippen molar-refractivity contribution in [3.8, 4) is 10.6 Å². The third kappa shape index (κ3) is 3.44. The Morgan fingerprint density at radius 3 is 3.00 bits per heavy atom. The number of benzene rings is 1. The highest BCUT2D eigenvalue weighted by atomic mass is 35.5. The van der Waals surface area contributed by atoms with Crippen LogP contribution in [0.1, 0.15) is 29.4 Å². The molecule has 1 N–H and O–H groups in total. The Balaban J connectivity index is 1.71. The van der Waals surface area contributed by atoms with E-state index in [0.717, 1.165) is 28.7 Å². The summed E-state index contributed by atoms with van der Waals surface area (Å²) in [6.45, 7) is 2.99. The summed E-state index contributed by atoms with van der Waals surface area (Å²) in [5, 5.41) is 5.86. The van der Waals surface area contributed by atoms with Crippen LogP contribution in [0.15, 0.2) is 29.6 Å². The van der Waals surface area contributed by atoms with Crippen LogP contribution in [0.3, 0.4) is 0 Å². The number of hydrogen-bond donors (Lipinski definition) is 1. The maximum atomic E-state index is 12.2. The zero-order valence-electron chi connectivity index (χ0n) is 11.8. The van der Waals surface area contributed by atoms with Gasteiger partial charge >= 0.3 is 0 Å². The summed E-state index contributed by atoms with van der Waals surface area (Å²) in [4.78, 5) is 16.6. The molecule has 110 valence electrons. The number of hydrogen-bond acceptors (Lipinski definition) is 3. The van der Waals surface area contributed by atoms with Gasteiger partial charge in [0.1, 0.15) is 5.01 Å². The van der Waals surface area contributed by atoms with Crippen LogP contribution in [0.25, 0.3) is 10.6 Å². The molecule has 0 radical (unpaired) electrons. The van der Waals surface area contributed by atoms with Crippen LogP contribution in [0.5, 0.6) is 0 Å². The van der Waals surface area contributed by atoms with Crippen LogP contribution >= 0.6 is 22.9 Å². The summed E-state index contributed by atoms with van der Waals surface area (Å²) in [5.74, 6) is 1.81.